The number of carbonyl (C=O) groups excluding carboxylic acids is 1. The van der Waals surface area contributed by atoms with Crippen LogP contribution in [-0.2, 0) is 11.3 Å². The summed E-state index contributed by atoms with van der Waals surface area (Å²) in [6, 6.07) is 15.0. The molecule has 0 radical (unpaired) electrons. The first kappa shape index (κ1) is 16.8. The van der Waals surface area contributed by atoms with Gasteiger partial charge in [-0.2, -0.15) is 0 Å². The Morgan fingerprint density at radius 1 is 1.04 bits per heavy atom. The lowest BCUT2D eigenvalue weighted by atomic mass is 10.1. The van der Waals surface area contributed by atoms with Crippen molar-refractivity contribution in [3.8, 4) is 5.75 Å². The molecular formula is C18H22N2O3. The van der Waals surface area contributed by atoms with E-state index in [-0.39, 0.29) is 6.03 Å². The largest absolute Gasteiger partial charge is 0.491 e. The van der Waals surface area contributed by atoms with Crippen molar-refractivity contribution < 1.29 is 14.3 Å². The summed E-state index contributed by atoms with van der Waals surface area (Å²) < 4.78 is 10.4. The van der Waals surface area contributed by atoms with Gasteiger partial charge >= 0.3 is 6.03 Å². The molecule has 0 saturated carbocycles. The fourth-order valence-corrected chi connectivity index (χ4v) is 2.04. The second-order valence-electron chi connectivity index (χ2n) is 5.10. The molecule has 23 heavy (non-hydrogen) atoms. The van der Waals surface area contributed by atoms with Crippen molar-refractivity contribution in [2.24, 2.45) is 0 Å². The predicted octanol–water partition coefficient (Wildman–Crippen LogP) is 3.34. The maximum atomic E-state index is 11.9. The number of nitrogens with one attached hydrogen (secondary N) is 2. The van der Waals surface area contributed by atoms with Crippen LogP contribution in [0, 0.1) is 6.92 Å². The van der Waals surface area contributed by atoms with Gasteiger partial charge in [0.2, 0.25) is 0 Å². The van der Waals surface area contributed by atoms with E-state index in [1.807, 2.05) is 43.3 Å². The van der Waals surface area contributed by atoms with Crippen molar-refractivity contribution in [2.45, 2.75) is 13.5 Å². The first-order valence-corrected chi connectivity index (χ1v) is 7.50. The first-order chi connectivity index (χ1) is 11.2. The standard InChI is InChI=1S/C18H22N2O3/c1-14-5-3-4-6-15(14)13-19-18(21)20-16-7-9-17(10-8-16)23-12-11-22-2/h3-10H,11-13H2,1-2H3,(H2,19,20,21). The summed E-state index contributed by atoms with van der Waals surface area (Å²) >= 11 is 0. The quantitative estimate of drug-likeness (QED) is 0.771. The summed E-state index contributed by atoms with van der Waals surface area (Å²) in [6.45, 7) is 3.56. The molecule has 0 aliphatic heterocycles. The van der Waals surface area contributed by atoms with Crippen molar-refractivity contribution in [3.63, 3.8) is 0 Å². The lowest BCUT2D eigenvalue weighted by Crippen LogP contribution is -2.28. The predicted molar refractivity (Wildman–Crippen MR) is 90.9 cm³/mol. The Labute approximate surface area is 136 Å². The SMILES string of the molecule is COCCOc1ccc(NC(=O)NCc2ccccc2C)cc1. The fourth-order valence-electron chi connectivity index (χ4n) is 2.04. The molecule has 5 heteroatoms. The van der Waals surface area contributed by atoms with Crippen molar-refractivity contribution >= 4 is 11.7 Å². The smallest absolute Gasteiger partial charge is 0.319 e. The number of carbonyl (C=O) groups is 1. The third kappa shape index (κ3) is 5.64. The maximum absolute atomic E-state index is 11.9. The molecule has 0 aromatic heterocycles. The number of benzene rings is 2. The Bertz CT molecular complexity index is 626. The molecule has 2 N–H and O–H groups in total. The zero-order valence-electron chi connectivity index (χ0n) is 13.5. The van der Waals surface area contributed by atoms with Gasteiger partial charge < -0.3 is 20.1 Å². The molecule has 0 aliphatic rings. The molecule has 0 unspecified atom stereocenters. The summed E-state index contributed by atoms with van der Waals surface area (Å²) in [7, 11) is 1.63. The maximum Gasteiger partial charge on any atom is 0.319 e. The number of urea groups is 1. The summed E-state index contributed by atoms with van der Waals surface area (Å²) in [5.74, 6) is 0.743. The topological polar surface area (TPSA) is 59.6 Å². The zero-order valence-corrected chi connectivity index (χ0v) is 13.5. The van der Waals surface area contributed by atoms with Gasteiger partial charge in [0.15, 0.2) is 0 Å². The number of aryl methyl sites for hydroxylation is 1. The Hall–Kier alpha value is -2.53. The summed E-state index contributed by atoms with van der Waals surface area (Å²) in [6.07, 6.45) is 0. The Morgan fingerprint density at radius 2 is 1.78 bits per heavy atom. The lowest BCUT2D eigenvalue weighted by molar-refractivity contribution is 0.146. The number of methoxy groups -OCH3 is 1. The van der Waals surface area contributed by atoms with Gasteiger partial charge in [-0.1, -0.05) is 24.3 Å². The van der Waals surface area contributed by atoms with Crippen LogP contribution in [0.3, 0.4) is 0 Å². The van der Waals surface area contributed by atoms with Crippen LogP contribution < -0.4 is 15.4 Å². The van der Waals surface area contributed by atoms with Gasteiger partial charge in [-0.05, 0) is 42.3 Å². The van der Waals surface area contributed by atoms with E-state index in [0.717, 1.165) is 16.9 Å². The highest BCUT2D eigenvalue weighted by Gasteiger charge is 2.03. The third-order valence-electron chi connectivity index (χ3n) is 3.37. The van der Waals surface area contributed by atoms with Crippen molar-refractivity contribution in [2.75, 3.05) is 25.6 Å². The van der Waals surface area contributed by atoms with Gasteiger partial charge in [-0.25, -0.2) is 4.79 Å². The van der Waals surface area contributed by atoms with Gasteiger partial charge in [0.1, 0.15) is 12.4 Å². The Morgan fingerprint density at radius 3 is 2.48 bits per heavy atom. The first-order valence-electron chi connectivity index (χ1n) is 7.50. The average molecular weight is 314 g/mol. The highest BCUT2D eigenvalue weighted by molar-refractivity contribution is 5.89. The van der Waals surface area contributed by atoms with Crippen LogP contribution in [0.5, 0.6) is 5.75 Å². The number of hydrogen-bond acceptors (Lipinski definition) is 3. The summed E-state index contributed by atoms with van der Waals surface area (Å²) in [4.78, 5) is 11.9. The lowest BCUT2D eigenvalue weighted by Gasteiger charge is -2.10. The molecular weight excluding hydrogens is 292 g/mol. The normalized spacial score (nSPS) is 10.2. The number of anilines is 1. The molecule has 2 aromatic carbocycles. The molecule has 0 heterocycles. The molecule has 2 amide bonds. The highest BCUT2D eigenvalue weighted by Crippen LogP contribution is 2.15. The molecule has 0 aliphatic carbocycles. The van der Waals surface area contributed by atoms with Crippen LogP contribution in [0.15, 0.2) is 48.5 Å². The molecule has 2 rings (SSSR count). The van der Waals surface area contributed by atoms with Crippen LogP contribution >= 0.6 is 0 Å². The molecule has 0 spiro atoms. The minimum Gasteiger partial charge on any atom is -0.491 e. The van der Waals surface area contributed by atoms with E-state index in [4.69, 9.17) is 9.47 Å². The van der Waals surface area contributed by atoms with E-state index < -0.39 is 0 Å². The number of hydrogen-bond donors (Lipinski definition) is 2. The minimum absolute atomic E-state index is 0.235. The molecule has 5 nitrogen and oxygen atoms in total. The van der Waals surface area contributed by atoms with E-state index in [9.17, 15) is 4.79 Å². The van der Waals surface area contributed by atoms with Crippen LogP contribution in [-0.4, -0.2) is 26.4 Å². The molecule has 0 fully saturated rings. The second kappa shape index (κ2) is 8.80. The fraction of sp³-hybridized carbons (Fsp3) is 0.278. The molecule has 2 aromatic rings. The molecule has 0 bridgehead atoms. The van der Waals surface area contributed by atoms with Gasteiger partial charge in [0.25, 0.3) is 0 Å². The number of ether oxygens (including phenoxy) is 2. The van der Waals surface area contributed by atoms with Gasteiger partial charge in [-0.3, -0.25) is 0 Å². The Balaban J connectivity index is 1.80. The van der Waals surface area contributed by atoms with E-state index >= 15 is 0 Å². The number of rotatable bonds is 7. The van der Waals surface area contributed by atoms with Crippen LogP contribution in [0.25, 0.3) is 0 Å². The third-order valence-corrected chi connectivity index (χ3v) is 3.37. The minimum atomic E-state index is -0.235. The molecule has 0 saturated heterocycles. The Kier molecular flexibility index (Phi) is 6.44. The highest BCUT2D eigenvalue weighted by atomic mass is 16.5. The van der Waals surface area contributed by atoms with E-state index in [1.165, 1.54) is 0 Å². The van der Waals surface area contributed by atoms with Crippen LogP contribution in [0.2, 0.25) is 0 Å². The van der Waals surface area contributed by atoms with Crippen molar-refractivity contribution in [1.29, 1.82) is 0 Å². The van der Waals surface area contributed by atoms with Gasteiger partial charge in [0, 0.05) is 19.3 Å². The molecule has 122 valence electrons. The second-order valence-corrected chi connectivity index (χ2v) is 5.10. The van der Waals surface area contributed by atoms with Crippen LogP contribution in [0.1, 0.15) is 11.1 Å². The summed E-state index contributed by atoms with van der Waals surface area (Å²) in [5.41, 5.74) is 2.97. The zero-order chi connectivity index (χ0) is 16.5. The average Bonchev–Trinajstić information content (AvgIpc) is 2.56. The molecule has 0 atom stereocenters. The van der Waals surface area contributed by atoms with E-state index in [1.54, 1.807) is 19.2 Å². The van der Waals surface area contributed by atoms with Crippen LogP contribution in [0.4, 0.5) is 10.5 Å². The monoisotopic (exact) mass is 314 g/mol. The van der Waals surface area contributed by atoms with E-state index in [2.05, 4.69) is 10.6 Å². The van der Waals surface area contributed by atoms with Crippen molar-refractivity contribution in [1.82, 2.24) is 5.32 Å². The van der Waals surface area contributed by atoms with E-state index in [0.29, 0.717) is 25.4 Å². The number of amides is 2. The summed E-state index contributed by atoms with van der Waals surface area (Å²) in [5, 5.41) is 5.64. The van der Waals surface area contributed by atoms with Crippen molar-refractivity contribution in [3.05, 3.63) is 59.7 Å². The van der Waals surface area contributed by atoms with Gasteiger partial charge in [0.05, 0.1) is 6.61 Å². The van der Waals surface area contributed by atoms with Gasteiger partial charge in [-0.15, -0.1) is 0 Å².